The minimum absolute atomic E-state index is 0.0745. The van der Waals surface area contributed by atoms with Gasteiger partial charge in [0.1, 0.15) is 11.6 Å². The molecule has 2 heterocycles. The molecule has 1 saturated carbocycles. The maximum absolute atomic E-state index is 6.52. The summed E-state index contributed by atoms with van der Waals surface area (Å²) in [6.45, 7) is 2.25. The van der Waals surface area contributed by atoms with E-state index in [9.17, 15) is 0 Å². The summed E-state index contributed by atoms with van der Waals surface area (Å²) in [4.78, 5) is 8.87. The largest absolute Gasteiger partial charge is 0.367 e. The quantitative estimate of drug-likeness (QED) is 0.696. The highest BCUT2D eigenvalue weighted by Crippen LogP contribution is 2.35. The van der Waals surface area contributed by atoms with Crippen molar-refractivity contribution in [2.24, 2.45) is 11.7 Å². The van der Waals surface area contributed by atoms with Crippen LogP contribution < -0.4 is 16.4 Å². The number of thioether (sulfide) groups is 1. The molecule has 1 unspecified atom stereocenters. The average Bonchev–Trinajstić information content (AvgIpc) is 2.58. The first-order valence-electron chi connectivity index (χ1n) is 8.54. The zero-order chi connectivity index (χ0) is 16.2. The van der Waals surface area contributed by atoms with E-state index in [0.717, 1.165) is 35.2 Å². The van der Waals surface area contributed by atoms with E-state index in [2.05, 4.69) is 27.5 Å². The number of nitrogens with two attached hydrogens (primary N) is 1. The van der Waals surface area contributed by atoms with Gasteiger partial charge in [-0.1, -0.05) is 26.2 Å². The summed E-state index contributed by atoms with van der Waals surface area (Å²) in [5.74, 6) is 4.10. The lowest BCUT2D eigenvalue weighted by Crippen LogP contribution is -2.26. The fourth-order valence-corrected chi connectivity index (χ4v) is 4.54. The Kier molecular flexibility index (Phi) is 5.88. The fraction of sp³-hybridized carbons (Fsp3) is 0.750. The van der Waals surface area contributed by atoms with E-state index in [-0.39, 0.29) is 11.3 Å². The van der Waals surface area contributed by atoms with Gasteiger partial charge in [0.2, 0.25) is 5.28 Å². The molecule has 1 aromatic heterocycles. The molecule has 0 saturated heterocycles. The molecule has 0 aromatic carbocycles. The molecule has 1 aliphatic carbocycles. The summed E-state index contributed by atoms with van der Waals surface area (Å²) in [7, 11) is 0. The highest BCUT2D eigenvalue weighted by Gasteiger charge is 2.25. The maximum Gasteiger partial charge on any atom is 0.226 e. The van der Waals surface area contributed by atoms with Crippen LogP contribution in [0.25, 0.3) is 0 Å². The molecule has 1 aliphatic heterocycles. The zero-order valence-electron chi connectivity index (χ0n) is 13.6. The lowest BCUT2D eigenvalue weighted by atomic mass is 9.94. The second-order valence-electron chi connectivity index (χ2n) is 6.72. The molecule has 2 atom stereocenters. The molecular formula is C16H26ClN5S. The minimum Gasteiger partial charge on any atom is -0.367 e. The van der Waals surface area contributed by atoms with Gasteiger partial charge in [0.05, 0.1) is 11.4 Å². The van der Waals surface area contributed by atoms with Crippen LogP contribution >= 0.6 is 23.4 Å². The number of hydrogen-bond acceptors (Lipinski definition) is 6. The Hall–Kier alpha value is -0.720. The van der Waals surface area contributed by atoms with E-state index in [1.165, 1.54) is 32.1 Å². The molecule has 7 heteroatoms. The average molecular weight is 356 g/mol. The predicted molar refractivity (Wildman–Crippen MR) is 99.2 cm³/mol. The number of nitrogens with zero attached hydrogens (tertiary/aromatic N) is 2. The van der Waals surface area contributed by atoms with Gasteiger partial charge >= 0.3 is 0 Å². The molecule has 23 heavy (non-hydrogen) atoms. The van der Waals surface area contributed by atoms with Gasteiger partial charge in [0.25, 0.3) is 0 Å². The van der Waals surface area contributed by atoms with Crippen LogP contribution in [0, 0.1) is 5.92 Å². The van der Waals surface area contributed by atoms with Gasteiger partial charge in [0.15, 0.2) is 0 Å². The van der Waals surface area contributed by atoms with E-state index < -0.39 is 0 Å². The van der Waals surface area contributed by atoms with E-state index in [1.807, 2.05) is 11.8 Å². The van der Waals surface area contributed by atoms with Crippen LogP contribution in [-0.4, -0.2) is 27.6 Å². The van der Waals surface area contributed by atoms with Crippen molar-refractivity contribution >= 4 is 35.0 Å². The van der Waals surface area contributed by atoms with Crippen molar-refractivity contribution in [3.8, 4) is 0 Å². The Bertz CT molecular complexity index is 535. The summed E-state index contributed by atoms with van der Waals surface area (Å²) in [5.41, 5.74) is 7.51. The predicted octanol–water partition coefficient (Wildman–Crippen LogP) is 4.02. The molecule has 0 radical (unpaired) electrons. The van der Waals surface area contributed by atoms with E-state index in [0.29, 0.717) is 12.0 Å². The van der Waals surface area contributed by atoms with E-state index in [1.54, 1.807) is 0 Å². The topological polar surface area (TPSA) is 75.9 Å². The molecule has 1 fully saturated rings. The van der Waals surface area contributed by atoms with Crippen molar-refractivity contribution in [3.63, 3.8) is 0 Å². The minimum atomic E-state index is -0.0745. The number of anilines is 2. The molecule has 0 spiro atoms. The lowest BCUT2D eigenvalue weighted by molar-refractivity contribution is 0.460. The Morgan fingerprint density at radius 1 is 1.26 bits per heavy atom. The third-order valence-electron chi connectivity index (χ3n) is 4.64. The van der Waals surface area contributed by atoms with Crippen LogP contribution in [0.5, 0.6) is 0 Å². The molecule has 5 nitrogen and oxygen atoms in total. The molecule has 128 valence electrons. The molecule has 3 rings (SSSR count). The SMILES string of the molecule is C[C@@H]1CSCNc2nc(Cl)nc(NC3CCCCC3)c2C(N)C1. The third-order valence-corrected chi connectivity index (χ3v) is 5.96. The van der Waals surface area contributed by atoms with Gasteiger partial charge in [-0.05, 0) is 42.5 Å². The van der Waals surface area contributed by atoms with Crippen LogP contribution in [0.15, 0.2) is 0 Å². The molecule has 4 N–H and O–H groups in total. The van der Waals surface area contributed by atoms with Crippen LogP contribution in [0.2, 0.25) is 5.28 Å². The van der Waals surface area contributed by atoms with E-state index in [4.69, 9.17) is 17.3 Å². The first-order valence-corrected chi connectivity index (χ1v) is 10.1. The standard InChI is InChI=1S/C16H26ClN5S/c1-10-7-12(18)13-14(19-9-23-8-10)21-16(17)22-15(13)20-11-5-3-2-4-6-11/h10-12H,2-9,18H2,1H3,(H2,19,20,21,22)/t10-,12?/m0/s1. The highest BCUT2D eigenvalue weighted by atomic mass is 35.5. The van der Waals surface area contributed by atoms with Crippen molar-refractivity contribution in [2.45, 2.75) is 57.5 Å². The van der Waals surface area contributed by atoms with Crippen molar-refractivity contribution in [3.05, 3.63) is 10.8 Å². The van der Waals surface area contributed by atoms with E-state index >= 15 is 0 Å². The smallest absolute Gasteiger partial charge is 0.226 e. The first-order chi connectivity index (χ1) is 11.1. The van der Waals surface area contributed by atoms with Gasteiger partial charge in [-0.15, -0.1) is 11.8 Å². The van der Waals surface area contributed by atoms with Crippen molar-refractivity contribution in [1.29, 1.82) is 0 Å². The van der Waals surface area contributed by atoms with Gasteiger partial charge in [-0.3, -0.25) is 0 Å². The summed E-state index contributed by atoms with van der Waals surface area (Å²) in [5, 5.41) is 7.26. The number of halogens is 1. The van der Waals surface area contributed by atoms with Gasteiger partial charge in [-0.2, -0.15) is 0 Å². The third kappa shape index (κ3) is 4.43. The monoisotopic (exact) mass is 355 g/mol. The number of rotatable bonds is 2. The number of aromatic nitrogens is 2. The number of nitrogens with one attached hydrogen (secondary N) is 2. The Morgan fingerprint density at radius 2 is 2.04 bits per heavy atom. The maximum atomic E-state index is 6.52. The normalized spacial score (nSPS) is 26.4. The van der Waals surface area contributed by atoms with Crippen molar-refractivity contribution in [1.82, 2.24) is 9.97 Å². The number of hydrogen-bond donors (Lipinski definition) is 3. The van der Waals surface area contributed by atoms with Crippen LogP contribution in [0.4, 0.5) is 11.6 Å². The highest BCUT2D eigenvalue weighted by molar-refractivity contribution is 7.99. The van der Waals surface area contributed by atoms with Gasteiger partial charge in [0, 0.05) is 12.1 Å². The second-order valence-corrected chi connectivity index (χ2v) is 8.09. The molecule has 2 aliphatic rings. The molecule has 1 aromatic rings. The van der Waals surface area contributed by atoms with Crippen molar-refractivity contribution < 1.29 is 0 Å². The van der Waals surface area contributed by atoms with Crippen LogP contribution in [0.3, 0.4) is 0 Å². The van der Waals surface area contributed by atoms with Gasteiger partial charge < -0.3 is 16.4 Å². The Labute approximate surface area is 147 Å². The second kappa shape index (κ2) is 7.90. The summed E-state index contributed by atoms with van der Waals surface area (Å²) in [6, 6.07) is 0.389. The van der Waals surface area contributed by atoms with Crippen LogP contribution in [0.1, 0.15) is 57.1 Å². The molecule has 0 amide bonds. The molecule has 0 bridgehead atoms. The van der Waals surface area contributed by atoms with Crippen LogP contribution in [-0.2, 0) is 0 Å². The number of fused-ring (bicyclic) bond motifs is 1. The fourth-order valence-electron chi connectivity index (χ4n) is 3.48. The van der Waals surface area contributed by atoms with Gasteiger partial charge in [-0.25, -0.2) is 9.97 Å². The lowest BCUT2D eigenvalue weighted by Gasteiger charge is -2.27. The Balaban J connectivity index is 1.91. The summed E-state index contributed by atoms with van der Waals surface area (Å²) in [6.07, 6.45) is 7.19. The summed E-state index contributed by atoms with van der Waals surface area (Å²) < 4.78 is 0. The first kappa shape index (κ1) is 17.1. The summed E-state index contributed by atoms with van der Waals surface area (Å²) >= 11 is 8.03. The zero-order valence-corrected chi connectivity index (χ0v) is 15.2. The Morgan fingerprint density at radius 3 is 2.83 bits per heavy atom. The van der Waals surface area contributed by atoms with Crippen molar-refractivity contribution in [2.75, 3.05) is 22.3 Å². The molecular weight excluding hydrogens is 330 g/mol.